The van der Waals surface area contributed by atoms with Crippen LogP contribution in [0.5, 0.6) is 0 Å². The van der Waals surface area contributed by atoms with Gasteiger partial charge in [0.1, 0.15) is 0 Å². The quantitative estimate of drug-likeness (QED) is 0.740. The van der Waals surface area contributed by atoms with E-state index in [4.69, 9.17) is 0 Å². The Morgan fingerprint density at radius 1 is 1.27 bits per heavy atom. The van der Waals surface area contributed by atoms with Crippen molar-refractivity contribution in [1.82, 2.24) is 4.98 Å². The largest absolute Gasteiger partial charge is 0.254 e. The fourth-order valence-electron chi connectivity index (χ4n) is 2.04. The highest BCUT2D eigenvalue weighted by molar-refractivity contribution is 5.70. The molecule has 0 atom stereocenters. The van der Waals surface area contributed by atoms with Gasteiger partial charge in [-0.2, -0.15) is 0 Å². The van der Waals surface area contributed by atoms with Gasteiger partial charge in [-0.15, -0.1) is 0 Å². The minimum atomic E-state index is 0.680. The lowest BCUT2D eigenvalue weighted by atomic mass is 10.2. The number of aromatic nitrogens is 2. The zero-order chi connectivity index (χ0) is 10.8. The van der Waals surface area contributed by atoms with Crippen LogP contribution in [0.15, 0.2) is 24.3 Å². The van der Waals surface area contributed by atoms with E-state index in [0.29, 0.717) is 5.92 Å². The average Bonchev–Trinajstić information content (AvgIpc) is 2.56. The van der Waals surface area contributed by atoms with Gasteiger partial charge in [0.15, 0.2) is 11.0 Å². The van der Waals surface area contributed by atoms with Gasteiger partial charge < -0.3 is 0 Å². The third-order valence-corrected chi connectivity index (χ3v) is 2.68. The minimum absolute atomic E-state index is 0.680. The summed E-state index contributed by atoms with van der Waals surface area (Å²) >= 11 is 0. The highest BCUT2D eigenvalue weighted by atomic mass is 15.1. The topological polar surface area (TPSA) is 19.7 Å². The molecule has 0 spiro atoms. The summed E-state index contributed by atoms with van der Waals surface area (Å²) in [6.45, 7) is 7.80. The van der Waals surface area contributed by atoms with Crippen molar-refractivity contribution in [3.63, 3.8) is 0 Å². The van der Waals surface area contributed by atoms with Crippen molar-refractivity contribution in [1.29, 1.82) is 0 Å². The number of para-hydroxylation sites is 2. The zero-order valence-corrected chi connectivity index (χ0v) is 9.75. The molecule has 15 heavy (non-hydrogen) atoms. The van der Waals surface area contributed by atoms with Crippen molar-refractivity contribution in [3.8, 4) is 0 Å². The Hall–Kier alpha value is -1.31. The Balaban J connectivity index is 2.56. The van der Waals surface area contributed by atoms with E-state index < -0.39 is 0 Å². The fraction of sp³-hybridized carbons (Fsp3) is 0.462. The lowest BCUT2D eigenvalue weighted by Crippen LogP contribution is -2.39. The number of rotatable bonds is 3. The summed E-state index contributed by atoms with van der Waals surface area (Å²) in [5.41, 5.74) is 2.57. The summed E-state index contributed by atoms with van der Waals surface area (Å²) in [6.07, 6.45) is 1.06. The van der Waals surface area contributed by atoms with Crippen molar-refractivity contribution in [2.45, 2.75) is 33.7 Å². The van der Waals surface area contributed by atoms with Crippen LogP contribution >= 0.6 is 0 Å². The predicted molar refractivity (Wildman–Crippen MR) is 62.7 cm³/mol. The number of benzene rings is 1. The third kappa shape index (κ3) is 1.89. The molecule has 1 aromatic carbocycles. The van der Waals surface area contributed by atoms with Crippen LogP contribution in [0.4, 0.5) is 0 Å². The SMILES string of the molecule is CCc1[nH]c2ccccc2[n+]1CC(C)C. The number of H-pyrrole nitrogens is 1. The molecule has 2 heteroatoms. The van der Waals surface area contributed by atoms with Crippen LogP contribution in [-0.2, 0) is 13.0 Å². The highest BCUT2D eigenvalue weighted by Gasteiger charge is 2.16. The summed E-state index contributed by atoms with van der Waals surface area (Å²) in [7, 11) is 0. The predicted octanol–water partition coefficient (Wildman–Crippen LogP) is 2.67. The number of hydrogen-bond donors (Lipinski definition) is 1. The fourth-order valence-corrected chi connectivity index (χ4v) is 2.04. The Bertz CT molecular complexity index is 455. The maximum atomic E-state index is 3.48. The van der Waals surface area contributed by atoms with Crippen LogP contribution < -0.4 is 4.57 Å². The normalized spacial score (nSPS) is 11.5. The molecule has 0 radical (unpaired) electrons. The molecule has 0 fully saturated rings. The number of nitrogens with one attached hydrogen (secondary N) is 1. The van der Waals surface area contributed by atoms with Gasteiger partial charge in [0.05, 0.1) is 6.54 Å². The average molecular weight is 203 g/mol. The first-order valence-corrected chi connectivity index (χ1v) is 5.71. The number of aromatic amines is 1. The van der Waals surface area contributed by atoms with Gasteiger partial charge in [0.2, 0.25) is 0 Å². The minimum Gasteiger partial charge on any atom is -0.241 e. The third-order valence-electron chi connectivity index (χ3n) is 2.68. The van der Waals surface area contributed by atoms with Gasteiger partial charge >= 0.3 is 0 Å². The van der Waals surface area contributed by atoms with Gasteiger partial charge in [-0.05, 0) is 18.1 Å². The summed E-state index contributed by atoms with van der Waals surface area (Å²) in [4.78, 5) is 3.48. The van der Waals surface area contributed by atoms with E-state index in [9.17, 15) is 0 Å². The lowest BCUT2D eigenvalue weighted by Gasteiger charge is -2.03. The molecule has 2 rings (SSSR count). The van der Waals surface area contributed by atoms with E-state index in [1.54, 1.807) is 0 Å². The summed E-state index contributed by atoms with van der Waals surface area (Å²) in [6, 6.07) is 8.52. The molecule has 0 aliphatic rings. The van der Waals surface area contributed by atoms with E-state index >= 15 is 0 Å². The molecule has 0 aliphatic heterocycles. The highest BCUT2D eigenvalue weighted by Crippen LogP contribution is 2.10. The van der Waals surface area contributed by atoms with Crippen LogP contribution in [0.2, 0.25) is 0 Å². The van der Waals surface area contributed by atoms with Crippen molar-refractivity contribution in [3.05, 3.63) is 30.1 Å². The first kappa shape index (κ1) is 10.2. The van der Waals surface area contributed by atoms with E-state index in [-0.39, 0.29) is 0 Å². The number of hydrogen-bond acceptors (Lipinski definition) is 0. The molecular formula is C13H19N2+. The molecule has 0 amide bonds. The number of nitrogens with zero attached hydrogens (tertiary/aromatic N) is 1. The van der Waals surface area contributed by atoms with Gasteiger partial charge in [-0.3, -0.25) is 0 Å². The first-order chi connectivity index (χ1) is 7.22. The van der Waals surface area contributed by atoms with E-state index in [1.807, 2.05) is 0 Å². The molecule has 1 heterocycles. The van der Waals surface area contributed by atoms with Crippen molar-refractivity contribution < 1.29 is 4.57 Å². The second-order valence-electron chi connectivity index (χ2n) is 4.45. The van der Waals surface area contributed by atoms with Crippen LogP contribution in [0.25, 0.3) is 11.0 Å². The summed E-state index contributed by atoms with van der Waals surface area (Å²) < 4.78 is 2.40. The second-order valence-corrected chi connectivity index (χ2v) is 4.45. The lowest BCUT2D eigenvalue weighted by molar-refractivity contribution is -0.684. The standard InChI is InChI=1S/C13H18N2/c1-4-13-14-11-7-5-6-8-12(11)15(13)9-10(2)3/h5-8,10H,4,9H2,1-3H3/p+1. The maximum Gasteiger partial charge on any atom is 0.254 e. The number of fused-ring (bicyclic) bond motifs is 1. The van der Waals surface area contributed by atoms with E-state index in [1.165, 1.54) is 16.9 Å². The Morgan fingerprint density at radius 2 is 2.00 bits per heavy atom. The maximum absolute atomic E-state index is 3.48. The van der Waals surface area contributed by atoms with Gasteiger partial charge in [-0.25, -0.2) is 9.55 Å². The molecule has 1 N–H and O–H groups in total. The van der Waals surface area contributed by atoms with Crippen LogP contribution in [-0.4, -0.2) is 4.98 Å². The molecule has 0 bridgehead atoms. The molecule has 0 unspecified atom stereocenters. The van der Waals surface area contributed by atoms with Crippen LogP contribution in [0.1, 0.15) is 26.6 Å². The molecule has 1 aromatic heterocycles. The Labute approximate surface area is 90.9 Å². The van der Waals surface area contributed by atoms with E-state index in [2.05, 4.69) is 54.6 Å². The smallest absolute Gasteiger partial charge is 0.241 e. The molecular weight excluding hydrogens is 184 g/mol. The molecule has 0 aliphatic carbocycles. The molecule has 0 saturated heterocycles. The van der Waals surface area contributed by atoms with Crippen LogP contribution in [0.3, 0.4) is 0 Å². The zero-order valence-electron chi connectivity index (χ0n) is 9.75. The number of aryl methyl sites for hydroxylation is 1. The Kier molecular flexibility index (Phi) is 2.76. The molecule has 2 nitrogen and oxygen atoms in total. The van der Waals surface area contributed by atoms with Crippen molar-refractivity contribution >= 4 is 11.0 Å². The monoisotopic (exact) mass is 203 g/mol. The summed E-state index contributed by atoms with van der Waals surface area (Å²) in [5, 5.41) is 0. The molecule has 0 saturated carbocycles. The van der Waals surface area contributed by atoms with E-state index in [0.717, 1.165) is 13.0 Å². The second kappa shape index (κ2) is 4.05. The summed E-state index contributed by atoms with van der Waals surface area (Å²) in [5.74, 6) is 2.00. The van der Waals surface area contributed by atoms with Crippen molar-refractivity contribution in [2.75, 3.05) is 0 Å². The van der Waals surface area contributed by atoms with Gasteiger partial charge in [0, 0.05) is 6.42 Å². The molecule has 80 valence electrons. The van der Waals surface area contributed by atoms with Crippen LogP contribution in [0, 0.1) is 5.92 Å². The Morgan fingerprint density at radius 3 is 2.67 bits per heavy atom. The number of imidazole rings is 1. The molecule has 2 aromatic rings. The van der Waals surface area contributed by atoms with Gasteiger partial charge in [0.25, 0.3) is 5.82 Å². The van der Waals surface area contributed by atoms with Gasteiger partial charge in [-0.1, -0.05) is 32.9 Å². The van der Waals surface area contributed by atoms with Crippen molar-refractivity contribution in [2.24, 2.45) is 5.92 Å². The first-order valence-electron chi connectivity index (χ1n) is 5.71.